The van der Waals surface area contributed by atoms with Crippen molar-refractivity contribution in [3.05, 3.63) is 40.5 Å². The Morgan fingerprint density at radius 3 is 2.67 bits per heavy atom. The third-order valence-corrected chi connectivity index (χ3v) is 2.54. The molecule has 98 valence electrons. The number of nitro groups is 1. The number of rotatable bonds is 4. The molecule has 0 amide bonds. The van der Waals surface area contributed by atoms with Crippen LogP contribution >= 0.6 is 12.4 Å². The lowest BCUT2D eigenvalue weighted by atomic mass is 10.0. The Hall–Kier alpha value is -1.79. The Kier molecular flexibility index (Phi) is 4.52. The molecule has 1 aliphatic rings. The van der Waals surface area contributed by atoms with Crippen LogP contribution in [-0.4, -0.2) is 11.7 Å². The Bertz CT molecular complexity index is 478. The van der Waals surface area contributed by atoms with Gasteiger partial charge >= 0.3 is 0 Å². The summed E-state index contributed by atoms with van der Waals surface area (Å²) in [7, 11) is 0. The second-order valence-electron chi connectivity index (χ2n) is 3.65. The molecular formula is C11H13ClN2O4. The second-order valence-corrected chi connectivity index (χ2v) is 3.65. The summed E-state index contributed by atoms with van der Waals surface area (Å²) in [6.07, 6.45) is 2.08. The van der Waals surface area contributed by atoms with Gasteiger partial charge in [-0.2, -0.15) is 0 Å². The van der Waals surface area contributed by atoms with Gasteiger partial charge in [-0.15, -0.1) is 19.0 Å². The van der Waals surface area contributed by atoms with Gasteiger partial charge in [0.25, 0.3) is 5.69 Å². The molecule has 0 radical (unpaired) electrons. The Morgan fingerprint density at radius 2 is 2.11 bits per heavy atom. The molecule has 1 aliphatic heterocycles. The zero-order chi connectivity index (χ0) is 12.4. The summed E-state index contributed by atoms with van der Waals surface area (Å²) < 4.78 is 10.3. The smallest absolute Gasteiger partial charge is 0.278 e. The molecular weight excluding hydrogens is 260 g/mol. The van der Waals surface area contributed by atoms with Gasteiger partial charge in [-0.05, 0) is 12.5 Å². The van der Waals surface area contributed by atoms with Gasteiger partial charge in [0.1, 0.15) is 0 Å². The van der Waals surface area contributed by atoms with Crippen LogP contribution in [0.3, 0.4) is 0 Å². The molecule has 6 nitrogen and oxygen atoms in total. The summed E-state index contributed by atoms with van der Waals surface area (Å²) in [5.41, 5.74) is 6.24. The lowest BCUT2D eigenvalue weighted by Gasteiger charge is -2.10. The summed E-state index contributed by atoms with van der Waals surface area (Å²) in [4.78, 5) is 10.5. The van der Waals surface area contributed by atoms with Crippen molar-refractivity contribution in [1.29, 1.82) is 0 Å². The molecule has 0 spiro atoms. The van der Waals surface area contributed by atoms with E-state index < -0.39 is 11.0 Å². The van der Waals surface area contributed by atoms with E-state index in [9.17, 15) is 10.1 Å². The van der Waals surface area contributed by atoms with Crippen molar-refractivity contribution >= 4 is 18.1 Å². The van der Waals surface area contributed by atoms with Crippen LogP contribution in [0.2, 0.25) is 0 Å². The molecule has 2 N–H and O–H groups in total. The van der Waals surface area contributed by atoms with Crippen LogP contribution < -0.4 is 15.2 Å². The Labute approximate surface area is 110 Å². The fourth-order valence-corrected chi connectivity index (χ4v) is 1.71. The first kappa shape index (κ1) is 14.3. The highest BCUT2D eigenvalue weighted by Gasteiger charge is 2.25. The molecule has 0 bridgehead atoms. The van der Waals surface area contributed by atoms with E-state index in [4.69, 9.17) is 15.2 Å². The van der Waals surface area contributed by atoms with Crippen LogP contribution in [0.15, 0.2) is 24.8 Å². The molecule has 2 rings (SSSR count). The van der Waals surface area contributed by atoms with Crippen LogP contribution in [0.1, 0.15) is 18.0 Å². The van der Waals surface area contributed by atoms with E-state index in [0.717, 1.165) is 0 Å². The average Bonchev–Trinajstić information content (AvgIpc) is 2.74. The molecule has 18 heavy (non-hydrogen) atoms. The molecule has 1 atom stereocenters. The summed E-state index contributed by atoms with van der Waals surface area (Å²) in [6.45, 7) is 3.64. The van der Waals surface area contributed by atoms with E-state index in [0.29, 0.717) is 23.5 Å². The predicted molar refractivity (Wildman–Crippen MR) is 68.2 cm³/mol. The van der Waals surface area contributed by atoms with Crippen molar-refractivity contribution in [2.45, 2.75) is 12.5 Å². The van der Waals surface area contributed by atoms with Gasteiger partial charge in [-0.25, -0.2) is 0 Å². The number of benzene rings is 1. The maximum Gasteiger partial charge on any atom is 0.278 e. The quantitative estimate of drug-likeness (QED) is 0.516. The first-order valence-electron chi connectivity index (χ1n) is 5.08. The van der Waals surface area contributed by atoms with Gasteiger partial charge in [0.05, 0.1) is 16.6 Å². The monoisotopic (exact) mass is 272 g/mol. The minimum absolute atomic E-state index is 0. The number of ether oxygens (including phenoxy) is 2. The fraction of sp³-hybridized carbons (Fsp3) is 0.273. The minimum atomic E-state index is -0.472. The topological polar surface area (TPSA) is 87.6 Å². The van der Waals surface area contributed by atoms with E-state index in [2.05, 4.69) is 6.58 Å². The predicted octanol–water partition coefficient (Wildman–Crippen LogP) is 2.32. The van der Waals surface area contributed by atoms with E-state index in [1.807, 2.05) is 0 Å². The molecule has 1 aromatic carbocycles. The standard InChI is InChI=1S/C11H12N2O4.ClH/c1-2-3-8(12)7-4-10-11(17-6-16-10)5-9(7)13(14)15;/h2,4-5,8H,1,3,6,12H2;1H/t8-;/m1./s1. The average molecular weight is 273 g/mol. The van der Waals surface area contributed by atoms with Gasteiger partial charge in [-0.3, -0.25) is 10.1 Å². The summed E-state index contributed by atoms with van der Waals surface area (Å²) in [5, 5.41) is 11.0. The summed E-state index contributed by atoms with van der Waals surface area (Å²) in [5.74, 6) is 0.872. The molecule has 1 heterocycles. The number of nitrogens with two attached hydrogens (primary N) is 1. The molecule has 0 aliphatic carbocycles. The molecule has 0 aromatic heterocycles. The second kappa shape index (κ2) is 5.70. The van der Waals surface area contributed by atoms with Crippen molar-refractivity contribution in [1.82, 2.24) is 0 Å². The summed E-state index contributed by atoms with van der Waals surface area (Å²) in [6, 6.07) is 2.44. The van der Waals surface area contributed by atoms with Crippen LogP contribution in [0, 0.1) is 10.1 Å². The van der Waals surface area contributed by atoms with Crippen LogP contribution in [0.5, 0.6) is 11.5 Å². The lowest BCUT2D eigenvalue weighted by Crippen LogP contribution is -2.11. The fourth-order valence-electron chi connectivity index (χ4n) is 1.71. The van der Waals surface area contributed by atoms with Crippen molar-refractivity contribution in [3.63, 3.8) is 0 Å². The zero-order valence-corrected chi connectivity index (χ0v) is 10.3. The van der Waals surface area contributed by atoms with Gasteiger partial charge in [0, 0.05) is 6.04 Å². The number of halogens is 1. The molecule has 7 heteroatoms. The van der Waals surface area contributed by atoms with Gasteiger partial charge in [0.2, 0.25) is 6.79 Å². The largest absolute Gasteiger partial charge is 0.454 e. The van der Waals surface area contributed by atoms with E-state index >= 15 is 0 Å². The van der Waals surface area contributed by atoms with Crippen molar-refractivity contribution in [2.75, 3.05) is 6.79 Å². The third-order valence-electron chi connectivity index (χ3n) is 2.54. The SMILES string of the molecule is C=CC[C@@H](N)c1cc2c(cc1[N+](=O)[O-])OCO2.Cl. The minimum Gasteiger partial charge on any atom is -0.454 e. The molecule has 1 aromatic rings. The van der Waals surface area contributed by atoms with E-state index in [1.165, 1.54) is 6.07 Å². The number of nitrogens with zero attached hydrogens (tertiary/aromatic N) is 1. The highest BCUT2D eigenvalue weighted by atomic mass is 35.5. The van der Waals surface area contributed by atoms with Gasteiger partial charge in [0.15, 0.2) is 11.5 Å². The molecule has 0 saturated heterocycles. The number of nitro benzene ring substituents is 1. The first-order chi connectivity index (χ1) is 8.13. The Morgan fingerprint density at radius 1 is 1.50 bits per heavy atom. The van der Waals surface area contributed by atoms with Gasteiger partial charge < -0.3 is 15.2 Å². The lowest BCUT2D eigenvalue weighted by molar-refractivity contribution is -0.385. The van der Waals surface area contributed by atoms with Gasteiger partial charge in [-0.1, -0.05) is 6.08 Å². The number of hydrogen-bond acceptors (Lipinski definition) is 5. The normalized spacial score (nSPS) is 13.6. The highest BCUT2D eigenvalue weighted by Crippen LogP contribution is 2.40. The third kappa shape index (κ3) is 2.55. The molecule has 0 unspecified atom stereocenters. The van der Waals surface area contributed by atoms with Crippen LogP contribution in [0.4, 0.5) is 5.69 Å². The van der Waals surface area contributed by atoms with Crippen LogP contribution in [-0.2, 0) is 0 Å². The van der Waals surface area contributed by atoms with Crippen molar-refractivity contribution in [2.24, 2.45) is 5.73 Å². The number of fused-ring (bicyclic) bond motifs is 1. The maximum absolute atomic E-state index is 11.0. The van der Waals surface area contributed by atoms with E-state index in [-0.39, 0.29) is 24.9 Å². The maximum atomic E-state index is 11.0. The summed E-state index contributed by atoms with van der Waals surface area (Å²) >= 11 is 0. The molecule has 0 saturated carbocycles. The zero-order valence-electron chi connectivity index (χ0n) is 9.50. The van der Waals surface area contributed by atoms with Crippen molar-refractivity contribution < 1.29 is 14.4 Å². The van der Waals surface area contributed by atoms with Crippen LogP contribution in [0.25, 0.3) is 0 Å². The number of hydrogen-bond donors (Lipinski definition) is 1. The Balaban J connectivity index is 0.00000162. The van der Waals surface area contributed by atoms with Crippen molar-refractivity contribution in [3.8, 4) is 11.5 Å². The highest BCUT2D eigenvalue weighted by molar-refractivity contribution is 5.85. The first-order valence-corrected chi connectivity index (χ1v) is 5.08. The van der Waals surface area contributed by atoms with E-state index in [1.54, 1.807) is 12.1 Å². The molecule has 0 fully saturated rings.